The molecule has 0 bridgehead atoms. The first-order valence-electron chi connectivity index (χ1n) is 19.5. The van der Waals surface area contributed by atoms with Crippen LogP contribution in [0.1, 0.15) is 141 Å². The van der Waals surface area contributed by atoms with Gasteiger partial charge in [-0.1, -0.05) is 150 Å². The summed E-state index contributed by atoms with van der Waals surface area (Å²) >= 11 is 0. The van der Waals surface area contributed by atoms with E-state index in [1.54, 1.807) is 5.57 Å². The third-order valence-corrected chi connectivity index (χ3v) is 10.9. The molecule has 2 aromatic carbocycles. The van der Waals surface area contributed by atoms with E-state index in [-0.39, 0.29) is 5.41 Å². The number of hydrogen-bond donors (Lipinski definition) is 0. The molecule has 3 fully saturated rings. The summed E-state index contributed by atoms with van der Waals surface area (Å²) in [7, 11) is 0. The lowest BCUT2D eigenvalue weighted by molar-refractivity contribution is 0.0814. The third-order valence-electron chi connectivity index (χ3n) is 10.9. The van der Waals surface area contributed by atoms with E-state index in [1.807, 2.05) is 33.8 Å². The number of hydrogen-bond acceptors (Lipinski definition) is 1. The second-order valence-corrected chi connectivity index (χ2v) is 15.0. The van der Waals surface area contributed by atoms with Gasteiger partial charge in [-0.25, -0.2) is 0 Å². The molecule has 0 radical (unpaired) electrons. The first-order chi connectivity index (χ1) is 24.0. The summed E-state index contributed by atoms with van der Waals surface area (Å²) in [6, 6.07) is 18.4. The van der Waals surface area contributed by atoms with Gasteiger partial charge in [0.25, 0.3) is 0 Å². The van der Waals surface area contributed by atoms with Gasteiger partial charge < -0.3 is 4.90 Å². The minimum atomic E-state index is -0.0512. The maximum Gasteiger partial charge on any atom is 0.0703 e. The molecule has 0 aromatic heterocycles. The molecule has 0 atom stereocenters. The van der Waals surface area contributed by atoms with Crippen LogP contribution >= 0.6 is 0 Å². The first-order valence-corrected chi connectivity index (χ1v) is 19.5. The highest BCUT2D eigenvalue weighted by molar-refractivity contribution is 5.83. The zero-order valence-corrected chi connectivity index (χ0v) is 33.1. The molecular formula is C49H67N. The molecule has 5 rings (SSSR count). The van der Waals surface area contributed by atoms with Gasteiger partial charge in [0.1, 0.15) is 0 Å². The molecule has 3 aliphatic rings. The van der Waals surface area contributed by atoms with E-state index in [0.29, 0.717) is 11.3 Å². The van der Waals surface area contributed by atoms with Crippen LogP contribution in [0.25, 0.3) is 5.57 Å². The molecule has 268 valence electrons. The van der Waals surface area contributed by atoms with Crippen molar-refractivity contribution >= 4 is 5.57 Å². The van der Waals surface area contributed by atoms with Gasteiger partial charge >= 0.3 is 0 Å². The summed E-state index contributed by atoms with van der Waals surface area (Å²) in [5.74, 6) is 3.56. The van der Waals surface area contributed by atoms with E-state index in [0.717, 1.165) is 56.5 Å². The van der Waals surface area contributed by atoms with Crippen LogP contribution in [0.2, 0.25) is 0 Å². The zero-order chi connectivity index (χ0) is 36.9. The molecule has 0 N–H and O–H groups in total. The molecule has 0 heterocycles. The van der Waals surface area contributed by atoms with Crippen molar-refractivity contribution in [3.8, 4) is 12.3 Å². The number of terminal acetylenes is 1. The van der Waals surface area contributed by atoms with Crippen LogP contribution in [-0.2, 0) is 0 Å². The normalized spacial score (nSPS) is 16.8. The summed E-state index contributed by atoms with van der Waals surface area (Å²) in [5, 5.41) is 0. The number of aryl methyl sites for hydroxylation is 1. The van der Waals surface area contributed by atoms with Crippen molar-refractivity contribution in [1.29, 1.82) is 0 Å². The molecule has 1 spiro atoms. The van der Waals surface area contributed by atoms with Crippen LogP contribution < -0.4 is 0 Å². The second kappa shape index (κ2) is 19.0. The van der Waals surface area contributed by atoms with E-state index < -0.39 is 0 Å². The maximum absolute atomic E-state index is 5.73. The van der Waals surface area contributed by atoms with Gasteiger partial charge in [-0.2, -0.15) is 0 Å². The number of allylic oxidation sites excluding steroid dienone is 8. The average Bonchev–Trinajstić information content (AvgIpc) is 3.89. The molecule has 50 heavy (non-hydrogen) atoms. The average molecular weight is 670 g/mol. The van der Waals surface area contributed by atoms with Gasteiger partial charge in [0.2, 0.25) is 0 Å². The van der Waals surface area contributed by atoms with Crippen molar-refractivity contribution in [3.63, 3.8) is 0 Å². The Bertz CT molecular complexity index is 1560. The molecule has 2 aromatic rings. The lowest BCUT2D eigenvalue weighted by Gasteiger charge is -2.52. The molecule has 3 aliphatic carbocycles. The lowest BCUT2D eigenvalue weighted by atomic mass is 9.53. The fourth-order valence-electron chi connectivity index (χ4n) is 7.35. The predicted octanol–water partition coefficient (Wildman–Crippen LogP) is 14.0. The monoisotopic (exact) mass is 670 g/mol. The lowest BCUT2D eigenvalue weighted by Crippen LogP contribution is -2.38. The first kappa shape index (κ1) is 40.7. The molecule has 3 saturated carbocycles. The van der Waals surface area contributed by atoms with Crippen molar-refractivity contribution in [2.45, 2.75) is 126 Å². The van der Waals surface area contributed by atoms with Crippen molar-refractivity contribution in [2.75, 3.05) is 13.1 Å². The van der Waals surface area contributed by atoms with Crippen molar-refractivity contribution in [1.82, 2.24) is 4.90 Å². The highest BCUT2D eigenvalue weighted by atomic mass is 15.1. The van der Waals surface area contributed by atoms with E-state index in [9.17, 15) is 0 Å². The Labute approximate surface area is 308 Å². The van der Waals surface area contributed by atoms with Crippen molar-refractivity contribution in [3.05, 3.63) is 137 Å². The summed E-state index contributed by atoms with van der Waals surface area (Å²) in [6.07, 6.45) is 24.3. The summed E-state index contributed by atoms with van der Waals surface area (Å²) < 4.78 is 0. The van der Waals surface area contributed by atoms with Crippen LogP contribution in [0.15, 0.2) is 114 Å². The Morgan fingerprint density at radius 2 is 1.52 bits per heavy atom. The summed E-state index contributed by atoms with van der Waals surface area (Å²) in [4.78, 5) is 2.39. The second-order valence-electron chi connectivity index (χ2n) is 15.0. The van der Waals surface area contributed by atoms with Gasteiger partial charge in [0.05, 0.1) is 5.41 Å². The van der Waals surface area contributed by atoms with Crippen molar-refractivity contribution < 1.29 is 0 Å². The fourth-order valence-corrected chi connectivity index (χ4v) is 7.35. The van der Waals surface area contributed by atoms with E-state index >= 15 is 0 Å². The third kappa shape index (κ3) is 10.4. The van der Waals surface area contributed by atoms with Crippen LogP contribution in [0.4, 0.5) is 0 Å². The highest BCUT2D eigenvalue weighted by Crippen LogP contribution is 2.60. The Kier molecular flexibility index (Phi) is 15.5. The molecule has 0 aliphatic heterocycles. The Balaban J connectivity index is 0.000000258. The number of benzene rings is 2. The summed E-state index contributed by atoms with van der Waals surface area (Å²) in [5.41, 5.74) is 14.0. The Morgan fingerprint density at radius 1 is 0.940 bits per heavy atom. The van der Waals surface area contributed by atoms with Gasteiger partial charge in [0.15, 0.2) is 0 Å². The highest BCUT2D eigenvalue weighted by Gasteiger charge is 2.46. The summed E-state index contributed by atoms with van der Waals surface area (Å²) in [6.45, 7) is 31.3. The van der Waals surface area contributed by atoms with Gasteiger partial charge in [-0.3, -0.25) is 0 Å². The zero-order valence-electron chi connectivity index (χ0n) is 33.1. The minimum Gasteiger partial charge on any atom is -0.374 e. The quantitative estimate of drug-likeness (QED) is 0.143. The standard InChI is InChI=1S/C24H28.C23H33N.C2H6/c1-17(2)19-9-11-21(12-10-19)23(20-7-5-18(3)6-8-20)22-15-24(16-22)13-4-14-24;1-8-16-24(20(7)23(11-4)14-15-23)17-12-13-21(9-2)18-22(10-3)19(5)6;1-2/h5-12,17H,4,13-16H2,1-3H3;4,9-10,18H,2,5,7-8,12-17H2,1,3,6H3;1-2H3/b;21-18+,22-10+;. The maximum atomic E-state index is 5.73. The minimum absolute atomic E-state index is 0.0512. The van der Waals surface area contributed by atoms with Crippen LogP contribution in [0.3, 0.4) is 0 Å². The van der Waals surface area contributed by atoms with Crippen molar-refractivity contribution in [2.24, 2.45) is 10.8 Å². The predicted molar refractivity (Wildman–Crippen MR) is 222 cm³/mol. The van der Waals surface area contributed by atoms with Crippen LogP contribution in [0, 0.1) is 30.1 Å². The fraction of sp³-hybridized carbons (Fsp3) is 0.469. The molecule has 0 unspecified atom stereocenters. The number of rotatable bonds is 14. The van der Waals surface area contributed by atoms with E-state index in [4.69, 9.17) is 6.42 Å². The molecule has 1 heteroatoms. The van der Waals surface area contributed by atoms with E-state index in [2.05, 4.69) is 119 Å². The van der Waals surface area contributed by atoms with Crippen LogP contribution in [0.5, 0.6) is 0 Å². The van der Waals surface area contributed by atoms with Gasteiger partial charge in [-0.05, 0) is 123 Å². The van der Waals surface area contributed by atoms with Crippen LogP contribution in [-0.4, -0.2) is 18.0 Å². The molecule has 0 saturated heterocycles. The number of nitrogens with zero attached hydrogens (tertiary/aromatic N) is 1. The molecule has 1 nitrogen and oxygen atoms in total. The SMILES string of the molecule is C#CC1(C(=C)N(CCC)CCC/C(C=C)=C/C(=C\C)C(=C)C)CC1.CC.Cc1ccc(C(=C2CC3(CCC3)C2)c2ccc(C(C)C)cc2)cc1. The Morgan fingerprint density at radius 3 is 1.94 bits per heavy atom. The van der Waals surface area contributed by atoms with E-state index in [1.165, 1.54) is 71.1 Å². The smallest absolute Gasteiger partial charge is 0.0703 e. The molecule has 0 amide bonds. The van der Waals surface area contributed by atoms with Gasteiger partial charge in [-0.15, -0.1) is 6.42 Å². The van der Waals surface area contributed by atoms with Gasteiger partial charge in [0, 0.05) is 18.8 Å². The Hall–Kier alpha value is -3.76. The topological polar surface area (TPSA) is 3.24 Å². The largest absolute Gasteiger partial charge is 0.374 e. The molecular weight excluding hydrogens is 603 g/mol.